The van der Waals surface area contributed by atoms with Crippen LogP contribution in [0.25, 0.3) is 0 Å². The number of benzene rings is 3. The second-order valence-corrected chi connectivity index (χ2v) is 5.99. The Labute approximate surface area is 162 Å². The van der Waals surface area contributed by atoms with Crippen molar-refractivity contribution in [2.24, 2.45) is 5.73 Å². The van der Waals surface area contributed by atoms with E-state index in [1.54, 1.807) is 48.5 Å². The fourth-order valence-electron chi connectivity index (χ4n) is 2.43. The molecule has 2 amide bonds. The molecule has 3 aromatic rings. The van der Waals surface area contributed by atoms with E-state index in [1.807, 2.05) is 30.3 Å². The van der Waals surface area contributed by atoms with E-state index in [-0.39, 0.29) is 18.9 Å². The van der Waals surface area contributed by atoms with Crippen molar-refractivity contribution in [2.75, 3.05) is 11.9 Å². The van der Waals surface area contributed by atoms with Crippen LogP contribution < -0.4 is 20.5 Å². The number of carbonyl (C=O) groups is 2. The van der Waals surface area contributed by atoms with E-state index in [9.17, 15) is 9.59 Å². The van der Waals surface area contributed by atoms with Crippen LogP contribution in [0.4, 0.5) is 5.69 Å². The summed E-state index contributed by atoms with van der Waals surface area (Å²) in [5.41, 5.74) is 6.18. The topological polar surface area (TPSA) is 90.7 Å². The molecule has 28 heavy (non-hydrogen) atoms. The molecule has 6 heteroatoms. The molecular weight excluding hydrogens is 356 g/mol. The van der Waals surface area contributed by atoms with Crippen molar-refractivity contribution in [2.45, 2.75) is 6.42 Å². The van der Waals surface area contributed by atoms with Gasteiger partial charge in [0.1, 0.15) is 17.2 Å². The summed E-state index contributed by atoms with van der Waals surface area (Å²) in [5.74, 6) is 1.21. The van der Waals surface area contributed by atoms with Crippen LogP contribution in [-0.4, -0.2) is 18.4 Å². The largest absolute Gasteiger partial charge is 0.493 e. The standard InChI is InChI=1S/C22H20N2O4/c23-21(25)13-14-27-18-11-9-17(10-12-18)24-22(26)16-5-4-8-20(15-16)28-19-6-2-1-3-7-19/h1-12,15H,13-14H2,(H2,23,25)(H,24,26). The Balaban J connectivity index is 1.60. The maximum atomic E-state index is 12.5. The van der Waals surface area contributed by atoms with E-state index in [0.717, 1.165) is 0 Å². The van der Waals surface area contributed by atoms with Gasteiger partial charge < -0.3 is 20.5 Å². The van der Waals surface area contributed by atoms with Crippen LogP contribution in [0.1, 0.15) is 16.8 Å². The van der Waals surface area contributed by atoms with E-state index in [0.29, 0.717) is 28.5 Å². The molecule has 0 aromatic heterocycles. The second-order valence-electron chi connectivity index (χ2n) is 5.99. The van der Waals surface area contributed by atoms with Crippen LogP contribution in [-0.2, 0) is 4.79 Å². The highest BCUT2D eigenvalue weighted by atomic mass is 16.5. The van der Waals surface area contributed by atoms with Gasteiger partial charge in [-0.25, -0.2) is 0 Å². The number of carbonyl (C=O) groups excluding carboxylic acids is 2. The minimum atomic E-state index is -0.414. The van der Waals surface area contributed by atoms with Crippen LogP contribution in [0.5, 0.6) is 17.2 Å². The van der Waals surface area contributed by atoms with E-state index >= 15 is 0 Å². The fraction of sp³-hybridized carbons (Fsp3) is 0.0909. The van der Waals surface area contributed by atoms with Crippen molar-refractivity contribution in [3.63, 3.8) is 0 Å². The van der Waals surface area contributed by atoms with Crippen LogP contribution in [0, 0.1) is 0 Å². The highest BCUT2D eigenvalue weighted by Crippen LogP contribution is 2.23. The fourth-order valence-corrected chi connectivity index (χ4v) is 2.43. The second kappa shape index (κ2) is 9.23. The number of amides is 2. The maximum absolute atomic E-state index is 12.5. The third kappa shape index (κ3) is 5.60. The lowest BCUT2D eigenvalue weighted by Crippen LogP contribution is -2.14. The van der Waals surface area contributed by atoms with Crippen LogP contribution in [0.15, 0.2) is 78.9 Å². The molecule has 0 radical (unpaired) electrons. The molecule has 3 rings (SSSR count). The van der Waals surface area contributed by atoms with Crippen molar-refractivity contribution < 1.29 is 19.1 Å². The Morgan fingerprint density at radius 1 is 0.821 bits per heavy atom. The lowest BCUT2D eigenvalue weighted by atomic mass is 10.2. The highest BCUT2D eigenvalue weighted by molar-refractivity contribution is 6.04. The molecular formula is C22H20N2O4. The summed E-state index contributed by atoms with van der Waals surface area (Å²) in [6.45, 7) is 0.218. The summed E-state index contributed by atoms with van der Waals surface area (Å²) in [6.07, 6.45) is 0.153. The smallest absolute Gasteiger partial charge is 0.255 e. The number of para-hydroxylation sites is 1. The van der Waals surface area contributed by atoms with Gasteiger partial charge in [-0.2, -0.15) is 0 Å². The number of ether oxygens (including phenoxy) is 2. The van der Waals surface area contributed by atoms with Gasteiger partial charge in [0.15, 0.2) is 0 Å². The summed E-state index contributed by atoms with van der Waals surface area (Å²) in [5, 5.41) is 2.83. The zero-order valence-corrected chi connectivity index (χ0v) is 15.1. The molecule has 3 N–H and O–H groups in total. The summed E-state index contributed by atoms with van der Waals surface area (Å²) in [7, 11) is 0. The number of hydrogen-bond donors (Lipinski definition) is 2. The molecule has 0 spiro atoms. The average Bonchev–Trinajstić information content (AvgIpc) is 2.70. The quantitative estimate of drug-likeness (QED) is 0.622. The van der Waals surface area contributed by atoms with Crippen molar-refractivity contribution in [1.29, 1.82) is 0 Å². The van der Waals surface area contributed by atoms with E-state index < -0.39 is 5.91 Å². The molecule has 0 aliphatic rings. The van der Waals surface area contributed by atoms with Gasteiger partial charge in [-0.1, -0.05) is 24.3 Å². The van der Waals surface area contributed by atoms with Crippen molar-refractivity contribution in [1.82, 2.24) is 0 Å². The molecule has 0 aliphatic heterocycles. The lowest BCUT2D eigenvalue weighted by molar-refractivity contribution is -0.118. The Hall–Kier alpha value is -3.80. The molecule has 0 aliphatic carbocycles. The number of hydrogen-bond acceptors (Lipinski definition) is 4. The maximum Gasteiger partial charge on any atom is 0.255 e. The highest BCUT2D eigenvalue weighted by Gasteiger charge is 2.08. The number of anilines is 1. The lowest BCUT2D eigenvalue weighted by Gasteiger charge is -2.09. The molecule has 0 fully saturated rings. The molecule has 0 bridgehead atoms. The van der Waals surface area contributed by atoms with Crippen molar-refractivity contribution >= 4 is 17.5 Å². The molecule has 0 saturated heterocycles. The van der Waals surface area contributed by atoms with Crippen LogP contribution >= 0.6 is 0 Å². The van der Waals surface area contributed by atoms with Crippen molar-refractivity contribution in [3.8, 4) is 17.2 Å². The van der Waals surface area contributed by atoms with Gasteiger partial charge in [-0.15, -0.1) is 0 Å². The Morgan fingerprint density at radius 2 is 1.54 bits per heavy atom. The molecule has 0 heterocycles. The molecule has 142 valence electrons. The summed E-state index contributed by atoms with van der Waals surface area (Å²) in [6, 6.07) is 23.2. The van der Waals surface area contributed by atoms with Crippen LogP contribution in [0.3, 0.4) is 0 Å². The average molecular weight is 376 g/mol. The third-order valence-corrected chi connectivity index (χ3v) is 3.80. The Bertz CT molecular complexity index is 940. The minimum Gasteiger partial charge on any atom is -0.493 e. The first kappa shape index (κ1) is 19.0. The van der Waals surface area contributed by atoms with Gasteiger partial charge in [0.2, 0.25) is 5.91 Å². The van der Waals surface area contributed by atoms with Gasteiger partial charge in [-0.05, 0) is 54.6 Å². The van der Waals surface area contributed by atoms with Crippen molar-refractivity contribution in [3.05, 3.63) is 84.4 Å². The van der Waals surface area contributed by atoms with Crippen LogP contribution in [0.2, 0.25) is 0 Å². The molecule has 0 unspecified atom stereocenters. The monoisotopic (exact) mass is 376 g/mol. The van der Waals surface area contributed by atoms with E-state index in [1.165, 1.54) is 0 Å². The first-order valence-corrected chi connectivity index (χ1v) is 8.75. The van der Waals surface area contributed by atoms with E-state index in [2.05, 4.69) is 5.32 Å². The van der Waals surface area contributed by atoms with Gasteiger partial charge in [0.25, 0.3) is 5.91 Å². The number of nitrogens with two attached hydrogens (primary N) is 1. The molecule has 6 nitrogen and oxygen atoms in total. The van der Waals surface area contributed by atoms with Gasteiger partial charge >= 0.3 is 0 Å². The number of rotatable bonds is 8. The van der Waals surface area contributed by atoms with E-state index in [4.69, 9.17) is 15.2 Å². The molecule has 0 saturated carbocycles. The van der Waals surface area contributed by atoms with Gasteiger partial charge in [-0.3, -0.25) is 9.59 Å². The third-order valence-electron chi connectivity index (χ3n) is 3.80. The van der Waals surface area contributed by atoms with Gasteiger partial charge in [0.05, 0.1) is 13.0 Å². The molecule has 0 atom stereocenters. The first-order valence-electron chi connectivity index (χ1n) is 8.75. The summed E-state index contributed by atoms with van der Waals surface area (Å²) < 4.78 is 11.2. The first-order chi connectivity index (χ1) is 13.6. The summed E-state index contributed by atoms with van der Waals surface area (Å²) >= 11 is 0. The molecule has 3 aromatic carbocycles. The Kier molecular flexibility index (Phi) is 6.25. The minimum absolute atomic E-state index is 0.153. The SMILES string of the molecule is NC(=O)CCOc1ccc(NC(=O)c2cccc(Oc3ccccc3)c2)cc1. The Morgan fingerprint density at radius 3 is 2.25 bits per heavy atom. The predicted molar refractivity (Wildman–Crippen MR) is 107 cm³/mol. The number of nitrogens with one attached hydrogen (secondary N) is 1. The summed E-state index contributed by atoms with van der Waals surface area (Å²) in [4.78, 5) is 23.2. The predicted octanol–water partition coefficient (Wildman–Crippen LogP) is 3.99. The normalized spacial score (nSPS) is 10.1. The van der Waals surface area contributed by atoms with Gasteiger partial charge in [0, 0.05) is 11.3 Å². The zero-order chi connectivity index (χ0) is 19.8. The number of primary amides is 1. The zero-order valence-electron chi connectivity index (χ0n) is 15.1.